The molecule has 0 bridgehead atoms. The van der Waals surface area contributed by atoms with Crippen LogP contribution in [-0.4, -0.2) is 17.8 Å². The summed E-state index contributed by atoms with van der Waals surface area (Å²) in [6, 6.07) is 1.50. The lowest BCUT2D eigenvalue weighted by Gasteiger charge is -1.89. The lowest BCUT2D eigenvalue weighted by atomic mass is 10.1. The molecule has 1 rings (SSSR count). The third-order valence-corrected chi connectivity index (χ3v) is 0.709. The zero-order valence-corrected chi connectivity index (χ0v) is 4.20. The summed E-state index contributed by atoms with van der Waals surface area (Å²) in [7, 11) is 5.23. The van der Waals surface area contributed by atoms with Gasteiger partial charge in [-0.05, 0) is 11.7 Å². The Bertz CT molecular complexity index is 171. The Kier molecular flexibility index (Phi) is 1.16. The highest BCUT2D eigenvalue weighted by Crippen LogP contribution is 1.83. The molecule has 0 aliphatic carbocycles. The smallest absolute Gasteiger partial charge is 0.142 e. The number of hydrogen-bond donors (Lipinski definition) is 1. The Balaban J connectivity index is 3.08. The minimum absolute atomic E-state index is 0.400. The quantitative estimate of drug-likeness (QED) is 0.424. The predicted octanol–water partition coefficient (Wildman–Crippen LogP) is -1.15. The minimum atomic E-state index is 0.400. The second kappa shape index (κ2) is 1.82. The Morgan fingerprint density at radius 3 is 2.62 bits per heavy atom. The largest absolute Gasteiger partial charge is 0.384 e. The highest BCUT2D eigenvalue weighted by atomic mass is 14.9. The Morgan fingerprint density at radius 1 is 1.50 bits per heavy atom. The standard InChI is InChI=1S/C4H4BN3/c5-3-1-4(6)8-2-7-3/h1-2H,(H2,6,7,8). The molecule has 2 radical (unpaired) electrons. The van der Waals surface area contributed by atoms with E-state index in [0.717, 1.165) is 0 Å². The topological polar surface area (TPSA) is 51.8 Å². The van der Waals surface area contributed by atoms with Crippen LogP contribution < -0.4 is 11.3 Å². The van der Waals surface area contributed by atoms with E-state index in [1.165, 1.54) is 12.4 Å². The van der Waals surface area contributed by atoms with Crippen LogP contribution in [0.4, 0.5) is 5.82 Å². The van der Waals surface area contributed by atoms with Gasteiger partial charge in [0.1, 0.15) is 20.0 Å². The van der Waals surface area contributed by atoms with Gasteiger partial charge in [0.2, 0.25) is 0 Å². The van der Waals surface area contributed by atoms with Gasteiger partial charge in [-0.15, -0.1) is 0 Å². The van der Waals surface area contributed by atoms with E-state index in [-0.39, 0.29) is 0 Å². The summed E-state index contributed by atoms with van der Waals surface area (Å²) in [4.78, 5) is 7.25. The van der Waals surface area contributed by atoms with Crippen molar-refractivity contribution in [2.75, 3.05) is 5.73 Å². The second-order valence-electron chi connectivity index (χ2n) is 1.37. The molecule has 1 aromatic heterocycles. The predicted molar refractivity (Wildman–Crippen MR) is 31.8 cm³/mol. The number of hydrogen-bond acceptors (Lipinski definition) is 3. The van der Waals surface area contributed by atoms with E-state index in [1.54, 1.807) is 0 Å². The summed E-state index contributed by atoms with van der Waals surface area (Å²) in [5.74, 6) is 0.400. The monoisotopic (exact) mass is 105 g/mol. The first kappa shape index (κ1) is 5.09. The number of nitrogen functional groups attached to an aromatic ring is 1. The Morgan fingerprint density at radius 2 is 2.25 bits per heavy atom. The average molecular weight is 105 g/mol. The van der Waals surface area contributed by atoms with E-state index in [2.05, 4.69) is 9.97 Å². The van der Waals surface area contributed by atoms with E-state index in [9.17, 15) is 0 Å². The molecule has 0 amide bonds. The molecule has 0 unspecified atom stereocenters. The van der Waals surface area contributed by atoms with Crippen molar-refractivity contribution in [2.45, 2.75) is 0 Å². The molecule has 0 spiro atoms. The van der Waals surface area contributed by atoms with Crippen molar-refractivity contribution in [3.05, 3.63) is 12.4 Å². The normalized spacial score (nSPS) is 9.00. The third-order valence-electron chi connectivity index (χ3n) is 0.709. The van der Waals surface area contributed by atoms with E-state index >= 15 is 0 Å². The molecule has 1 aromatic rings. The molecule has 0 aromatic carbocycles. The summed E-state index contributed by atoms with van der Waals surface area (Å²) in [6.45, 7) is 0. The van der Waals surface area contributed by atoms with E-state index in [0.29, 0.717) is 11.4 Å². The first-order chi connectivity index (χ1) is 3.79. The molecule has 0 saturated carbocycles. The average Bonchev–Trinajstić information content (AvgIpc) is 1.64. The van der Waals surface area contributed by atoms with Gasteiger partial charge in [-0.25, -0.2) is 4.98 Å². The van der Waals surface area contributed by atoms with Gasteiger partial charge in [-0.1, -0.05) is 0 Å². The number of rotatable bonds is 0. The molecule has 8 heavy (non-hydrogen) atoms. The SMILES string of the molecule is [B]c1cc(N)ncn1. The summed E-state index contributed by atoms with van der Waals surface area (Å²) >= 11 is 0. The highest BCUT2D eigenvalue weighted by molar-refractivity contribution is 6.30. The fourth-order valence-corrected chi connectivity index (χ4v) is 0.388. The summed E-state index contributed by atoms with van der Waals surface area (Å²) in [5.41, 5.74) is 5.63. The zero-order valence-electron chi connectivity index (χ0n) is 4.20. The van der Waals surface area contributed by atoms with Crippen LogP contribution in [0.25, 0.3) is 0 Å². The van der Waals surface area contributed by atoms with Crippen LogP contribution in [-0.2, 0) is 0 Å². The van der Waals surface area contributed by atoms with Crippen LogP contribution in [0.2, 0.25) is 0 Å². The maximum atomic E-state index is 5.23. The lowest BCUT2D eigenvalue weighted by Crippen LogP contribution is -2.09. The van der Waals surface area contributed by atoms with Gasteiger partial charge in [-0.3, -0.25) is 4.98 Å². The first-order valence-corrected chi connectivity index (χ1v) is 2.12. The number of nitrogens with two attached hydrogens (primary N) is 1. The minimum Gasteiger partial charge on any atom is -0.384 e. The van der Waals surface area contributed by atoms with Crippen molar-refractivity contribution >= 4 is 19.3 Å². The fourth-order valence-electron chi connectivity index (χ4n) is 0.388. The van der Waals surface area contributed by atoms with Gasteiger partial charge in [0.25, 0.3) is 0 Å². The van der Waals surface area contributed by atoms with E-state index in [1.807, 2.05) is 0 Å². The van der Waals surface area contributed by atoms with Crippen LogP contribution in [0, 0.1) is 0 Å². The molecule has 1 heterocycles. The Labute approximate surface area is 48.4 Å². The van der Waals surface area contributed by atoms with Crippen molar-refractivity contribution in [2.24, 2.45) is 0 Å². The van der Waals surface area contributed by atoms with Crippen molar-refractivity contribution in [3.8, 4) is 0 Å². The van der Waals surface area contributed by atoms with Crippen LogP contribution in [0.15, 0.2) is 12.4 Å². The van der Waals surface area contributed by atoms with Gasteiger partial charge in [-0.2, -0.15) is 0 Å². The van der Waals surface area contributed by atoms with Gasteiger partial charge < -0.3 is 5.73 Å². The number of nitrogens with zero attached hydrogens (tertiary/aromatic N) is 2. The first-order valence-electron chi connectivity index (χ1n) is 2.12. The lowest BCUT2D eigenvalue weighted by molar-refractivity contribution is 1.21. The molecule has 0 aliphatic heterocycles. The van der Waals surface area contributed by atoms with E-state index < -0.39 is 0 Å². The van der Waals surface area contributed by atoms with Gasteiger partial charge in [0, 0.05) is 0 Å². The molecule has 0 atom stereocenters. The summed E-state index contributed by atoms with van der Waals surface area (Å²) in [5, 5.41) is 0. The van der Waals surface area contributed by atoms with Crippen molar-refractivity contribution < 1.29 is 0 Å². The molecular formula is C4H4BN3. The number of anilines is 1. The Hall–Kier alpha value is -1.06. The molecule has 4 heteroatoms. The molecule has 2 N–H and O–H groups in total. The van der Waals surface area contributed by atoms with Crippen molar-refractivity contribution in [1.82, 2.24) is 9.97 Å². The maximum absolute atomic E-state index is 5.23. The van der Waals surface area contributed by atoms with Gasteiger partial charge >= 0.3 is 0 Å². The molecule has 38 valence electrons. The molecule has 0 saturated heterocycles. The number of aromatic nitrogens is 2. The summed E-state index contributed by atoms with van der Waals surface area (Å²) < 4.78 is 0. The van der Waals surface area contributed by atoms with E-state index in [4.69, 9.17) is 13.6 Å². The fraction of sp³-hybridized carbons (Fsp3) is 0. The van der Waals surface area contributed by atoms with Gasteiger partial charge in [0.05, 0.1) is 0 Å². The molecular weight excluding hydrogens is 101 g/mol. The summed E-state index contributed by atoms with van der Waals surface area (Å²) in [6.07, 6.45) is 1.32. The highest BCUT2D eigenvalue weighted by Gasteiger charge is 1.83. The molecule has 0 aliphatic rings. The molecule has 0 fully saturated rings. The second-order valence-corrected chi connectivity index (χ2v) is 1.37. The maximum Gasteiger partial charge on any atom is 0.142 e. The van der Waals surface area contributed by atoms with Crippen LogP contribution in [0.1, 0.15) is 0 Å². The van der Waals surface area contributed by atoms with Crippen LogP contribution in [0.3, 0.4) is 0 Å². The van der Waals surface area contributed by atoms with Crippen LogP contribution in [0.5, 0.6) is 0 Å². The molecule has 3 nitrogen and oxygen atoms in total. The van der Waals surface area contributed by atoms with Gasteiger partial charge in [0.15, 0.2) is 0 Å². The van der Waals surface area contributed by atoms with Crippen LogP contribution >= 0.6 is 0 Å². The zero-order chi connectivity index (χ0) is 5.98. The van der Waals surface area contributed by atoms with Crippen molar-refractivity contribution in [1.29, 1.82) is 0 Å². The van der Waals surface area contributed by atoms with Crippen molar-refractivity contribution in [3.63, 3.8) is 0 Å². The third kappa shape index (κ3) is 0.962.